The first-order chi connectivity index (χ1) is 45.7. The van der Waals surface area contributed by atoms with Gasteiger partial charge in [-0.25, -0.2) is 9.13 Å². The predicted octanol–water partition coefficient (Wildman–Crippen LogP) is 20.7. The molecule has 17 nitrogen and oxygen atoms in total. The van der Waals surface area contributed by atoms with Crippen molar-refractivity contribution in [3.8, 4) is 0 Å². The summed E-state index contributed by atoms with van der Waals surface area (Å²) in [6.07, 6.45) is 67.3. The maximum atomic E-state index is 13.0. The zero-order chi connectivity index (χ0) is 69.0. The van der Waals surface area contributed by atoms with Gasteiger partial charge in [0.15, 0.2) is 12.2 Å². The van der Waals surface area contributed by atoms with Gasteiger partial charge in [-0.3, -0.25) is 37.3 Å². The average molecular weight is 1370 g/mol. The standard InChI is InChI=1S/C75H132O17P2/c1-5-9-13-17-21-25-29-32-34-37-41-44-48-52-56-60-73(78)86-66-71(92-75(80)62-58-54-50-46-42-38-35-33-30-26-22-18-14-10-6-2)68-90-94(83,84)88-64-69(76)63-87-93(81,82)89-67-70(91-74(79)61-57-53-49-45-39-28-24-20-16-12-8-4)65-85-72(77)59-55-51-47-43-40-36-31-27-23-19-15-11-7-3/h9-10,13-14,21-22,25-26,32-35,41,44,69-71,76H,5-8,11-12,15-20,23-24,27-31,36-40,42-43,45-68H2,1-4H3,(H,81,82)(H,83,84)/b13-9-,14-10-,25-21-,26-22-,34-32-,35-33-,44-41-. The molecular formula is C75H132O17P2. The third-order valence-electron chi connectivity index (χ3n) is 15.4. The lowest BCUT2D eigenvalue weighted by Gasteiger charge is -2.21. The van der Waals surface area contributed by atoms with E-state index in [0.29, 0.717) is 25.7 Å². The molecule has 0 amide bonds. The number of allylic oxidation sites excluding steroid dienone is 14. The molecule has 0 saturated carbocycles. The molecule has 0 spiro atoms. The van der Waals surface area contributed by atoms with Gasteiger partial charge in [0.05, 0.1) is 26.4 Å². The van der Waals surface area contributed by atoms with E-state index in [9.17, 15) is 43.2 Å². The van der Waals surface area contributed by atoms with Crippen LogP contribution in [0.2, 0.25) is 0 Å². The lowest BCUT2D eigenvalue weighted by molar-refractivity contribution is -0.161. The van der Waals surface area contributed by atoms with Crippen molar-refractivity contribution in [3.05, 3.63) is 85.1 Å². The first-order valence-corrected chi connectivity index (χ1v) is 39.8. The van der Waals surface area contributed by atoms with Crippen molar-refractivity contribution < 1.29 is 80.2 Å². The fourth-order valence-corrected chi connectivity index (χ4v) is 11.4. The molecule has 0 rings (SSSR count). The van der Waals surface area contributed by atoms with Crippen molar-refractivity contribution in [2.45, 2.75) is 329 Å². The van der Waals surface area contributed by atoms with Gasteiger partial charge in [-0.15, -0.1) is 0 Å². The molecule has 0 bridgehead atoms. The number of esters is 4. The molecule has 0 radical (unpaired) electrons. The molecule has 0 aliphatic rings. The van der Waals surface area contributed by atoms with Gasteiger partial charge in [-0.05, 0) is 96.3 Å². The molecule has 0 aliphatic heterocycles. The number of unbranched alkanes of at least 4 members (excludes halogenated alkanes) is 29. The van der Waals surface area contributed by atoms with Crippen LogP contribution in [0.5, 0.6) is 0 Å². The van der Waals surface area contributed by atoms with Gasteiger partial charge in [0.2, 0.25) is 0 Å². The number of rotatable bonds is 69. The van der Waals surface area contributed by atoms with Crippen molar-refractivity contribution in [2.24, 2.45) is 0 Å². The second-order valence-electron chi connectivity index (χ2n) is 24.5. The molecule has 0 fully saturated rings. The number of phosphoric ester groups is 2. The predicted molar refractivity (Wildman–Crippen MR) is 381 cm³/mol. The van der Waals surface area contributed by atoms with Crippen LogP contribution in [-0.2, 0) is 65.4 Å². The maximum Gasteiger partial charge on any atom is 0.472 e. The molecule has 94 heavy (non-hydrogen) atoms. The average Bonchev–Trinajstić information content (AvgIpc) is 1.36. The Balaban J connectivity index is 5.36. The largest absolute Gasteiger partial charge is 0.472 e. The highest BCUT2D eigenvalue weighted by atomic mass is 31.2. The van der Waals surface area contributed by atoms with Gasteiger partial charge in [0, 0.05) is 25.7 Å². The van der Waals surface area contributed by atoms with Crippen molar-refractivity contribution in [1.82, 2.24) is 0 Å². The Hall–Kier alpha value is -3.76. The van der Waals surface area contributed by atoms with E-state index in [1.807, 2.05) is 0 Å². The topological polar surface area (TPSA) is 237 Å². The maximum absolute atomic E-state index is 13.0. The highest BCUT2D eigenvalue weighted by Crippen LogP contribution is 2.45. The summed E-state index contributed by atoms with van der Waals surface area (Å²) >= 11 is 0. The molecule has 19 heteroatoms. The van der Waals surface area contributed by atoms with Crippen LogP contribution in [0.3, 0.4) is 0 Å². The van der Waals surface area contributed by atoms with Crippen molar-refractivity contribution in [2.75, 3.05) is 39.6 Å². The highest BCUT2D eigenvalue weighted by molar-refractivity contribution is 7.47. The van der Waals surface area contributed by atoms with E-state index in [0.717, 1.165) is 135 Å². The Labute approximate surface area is 570 Å². The summed E-state index contributed by atoms with van der Waals surface area (Å²) in [4.78, 5) is 72.7. The van der Waals surface area contributed by atoms with Gasteiger partial charge < -0.3 is 33.8 Å². The van der Waals surface area contributed by atoms with E-state index >= 15 is 0 Å². The molecule has 0 heterocycles. The first-order valence-electron chi connectivity index (χ1n) is 36.8. The number of carbonyl (C=O) groups is 4. The normalized spacial score (nSPS) is 14.5. The van der Waals surface area contributed by atoms with Crippen molar-refractivity contribution >= 4 is 39.5 Å². The molecule has 0 aromatic rings. The summed E-state index contributed by atoms with van der Waals surface area (Å²) in [5.74, 6) is -2.22. The fourth-order valence-electron chi connectivity index (χ4n) is 9.81. The molecule has 0 aromatic carbocycles. The Morgan fingerprint density at radius 1 is 0.309 bits per heavy atom. The van der Waals surface area contributed by atoms with Crippen LogP contribution in [0, 0.1) is 0 Å². The summed E-state index contributed by atoms with van der Waals surface area (Å²) < 4.78 is 68.3. The highest BCUT2D eigenvalue weighted by Gasteiger charge is 2.30. The Kier molecular flexibility index (Phi) is 65.1. The number of phosphoric acid groups is 2. The van der Waals surface area contributed by atoms with Gasteiger partial charge >= 0.3 is 39.5 Å². The fraction of sp³-hybridized carbons (Fsp3) is 0.760. The third-order valence-corrected chi connectivity index (χ3v) is 17.3. The number of hydrogen-bond donors (Lipinski definition) is 3. The lowest BCUT2D eigenvalue weighted by atomic mass is 10.0. The minimum Gasteiger partial charge on any atom is -0.462 e. The number of aliphatic hydroxyl groups excluding tert-OH is 1. The SMILES string of the molecule is CC/C=C\C/C=C\C/C=C\C/C=C\CCCCC(=O)OCC(COP(=O)(O)OCC(O)COP(=O)(O)OCC(COC(=O)CCCCCCCCCCCCCCC)OC(=O)CCCCCCCCCCCCC)OC(=O)CCCCCCC/C=C\C/C=C\C/C=C\CC. The molecule has 544 valence electrons. The third kappa shape index (κ3) is 66.8. The Bertz CT molecular complexity index is 2120. The van der Waals surface area contributed by atoms with E-state index in [4.69, 9.17) is 37.0 Å². The van der Waals surface area contributed by atoms with Crippen molar-refractivity contribution in [1.29, 1.82) is 0 Å². The van der Waals surface area contributed by atoms with Crippen LogP contribution < -0.4 is 0 Å². The van der Waals surface area contributed by atoms with Crippen LogP contribution >= 0.6 is 15.6 Å². The zero-order valence-electron chi connectivity index (χ0n) is 59.1. The van der Waals surface area contributed by atoms with Gasteiger partial charge in [0.1, 0.15) is 19.3 Å². The Morgan fingerprint density at radius 3 is 0.872 bits per heavy atom. The second-order valence-corrected chi connectivity index (χ2v) is 27.4. The zero-order valence-corrected chi connectivity index (χ0v) is 60.9. The van der Waals surface area contributed by atoms with E-state index in [1.165, 1.54) is 96.3 Å². The summed E-state index contributed by atoms with van der Waals surface area (Å²) in [6, 6.07) is 0. The molecule has 5 unspecified atom stereocenters. The molecular weight excluding hydrogens is 1230 g/mol. The van der Waals surface area contributed by atoms with Gasteiger partial charge in [-0.1, -0.05) is 273 Å². The van der Waals surface area contributed by atoms with Crippen LogP contribution in [0.15, 0.2) is 85.1 Å². The van der Waals surface area contributed by atoms with Crippen LogP contribution in [0.1, 0.15) is 310 Å². The molecule has 0 saturated heterocycles. The minimum absolute atomic E-state index is 0.0671. The minimum atomic E-state index is -4.98. The monoisotopic (exact) mass is 1370 g/mol. The molecule has 0 aromatic heterocycles. The number of aliphatic hydroxyl groups is 1. The number of hydrogen-bond acceptors (Lipinski definition) is 15. The quantitative estimate of drug-likeness (QED) is 0.0169. The lowest BCUT2D eigenvalue weighted by Crippen LogP contribution is -2.30. The van der Waals surface area contributed by atoms with Crippen LogP contribution in [0.25, 0.3) is 0 Å². The van der Waals surface area contributed by atoms with Crippen molar-refractivity contribution in [3.63, 3.8) is 0 Å². The second kappa shape index (κ2) is 67.8. The molecule has 3 N–H and O–H groups in total. The Morgan fingerprint density at radius 2 is 0.553 bits per heavy atom. The van der Waals surface area contributed by atoms with E-state index in [-0.39, 0.29) is 25.7 Å². The summed E-state index contributed by atoms with van der Waals surface area (Å²) in [6.45, 7) is 4.59. The van der Waals surface area contributed by atoms with E-state index in [1.54, 1.807) is 0 Å². The van der Waals surface area contributed by atoms with Crippen LogP contribution in [-0.4, -0.2) is 96.7 Å². The van der Waals surface area contributed by atoms with Gasteiger partial charge in [0.25, 0.3) is 0 Å². The van der Waals surface area contributed by atoms with E-state index < -0.39 is 97.5 Å². The van der Waals surface area contributed by atoms with Gasteiger partial charge in [-0.2, -0.15) is 0 Å². The first kappa shape index (κ1) is 90.2. The molecule has 0 aliphatic carbocycles. The number of ether oxygens (including phenoxy) is 4. The summed E-state index contributed by atoms with van der Waals surface area (Å²) in [5, 5.41) is 10.6. The van der Waals surface area contributed by atoms with Crippen LogP contribution in [0.4, 0.5) is 0 Å². The molecule has 5 atom stereocenters. The van der Waals surface area contributed by atoms with E-state index in [2.05, 4.69) is 113 Å². The summed E-state index contributed by atoms with van der Waals surface area (Å²) in [5.41, 5.74) is 0. The smallest absolute Gasteiger partial charge is 0.462 e. The number of carbonyl (C=O) groups excluding carboxylic acids is 4. The summed E-state index contributed by atoms with van der Waals surface area (Å²) in [7, 11) is -9.95.